The summed E-state index contributed by atoms with van der Waals surface area (Å²) >= 11 is 0. The lowest BCUT2D eigenvalue weighted by Crippen LogP contribution is -2.47. The van der Waals surface area contributed by atoms with E-state index < -0.39 is 0 Å². The number of rotatable bonds is 3. The number of piperazine rings is 1. The molecule has 0 atom stereocenters. The predicted molar refractivity (Wildman–Crippen MR) is 91.8 cm³/mol. The number of carbonyl (C=O) groups excluding carboxylic acids is 2. The Morgan fingerprint density at radius 3 is 2.42 bits per heavy atom. The van der Waals surface area contributed by atoms with E-state index in [9.17, 15) is 9.59 Å². The molecule has 0 radical (unpaired) electrons. The van der Waals surface area contributed by atoms with Crippen molar-refractivity contribution in [3.8, 4) is 0 Å². The third-order valence-electron chi connectivity index (χ3n) is 5.12. The number of nitrogens with one attached hydrogen (secondary N) is 1. The molecule has 7 heteroatoms. The molecule has 132 valence electrons. The summed E-state index contributed by atoms with van der Waals surface area (Å²) in [7, 11) is 3.82. The van der Waals surface area contributed by atoms with Gasteiger partial charge in [0.25, 0.3) is 5.91 Å². The fourth-order valence-corrected chi connectivity index (χ4v) is 3.45. The molecule has 2 fully saturated rings. The van der Waals surface area contributed by atoms with E-state index in [1.807, 2.05) is 4.90 Å². The predicted octanol–water partition coefficient (Wildman–Crippen LogP) is 1.33. The van der Waals surface area contributed by atoms with Crippen LogP contribution in [0, 0.1) is 5.92 Å². The Labute approximate surface area is 143 Å². The van der Waals surface area contributed by atoms with E-state index in [2.05, 4.69) is 22.4 Å². The molecule has 1 saturated carbocycles. The molecular weight excluding hydrogens is 306 g/mol. The molecule has 0 bridgehead atoms. The van der Waals surface area contributed by atoms with Crippen LogP contribution >= 0.6 is 0 Å². The number of hydrogen-bond acceptors (Lipinski definition) is 4. The third-order valence-corrected chi connectivity index (χ3v) is 5.12. The average molecular weight is 333 g/mol. The van der Waals surface area contributed by atoms with Crippen molar-refractivity contribution in [2.75, 3.05) is 38.5 Å². The largest absolute Gasteiger partial charge is 0.335 e. The lowest BCUT2D eigenvalue weighted by Gasteiger charge is -2.31. The van der Waals surface area contributed by atoms with Crippen LogP contribution in [0.4, 0.5) is 5.82 Å². The first-order valence-corrected chi connectivity index (χ1v) is 8.87. The van der Waals surface area contributed by atoms with Gasteiger partial charge in [0.1, 0.15) is 5.82 Å². The highest BCUT2D eigenvalue weighted by molar-refractivity contribution is 5.96. The van der Waals surface area contributed by atoms with Crippen LogP contribution in [0.3, 0.4) is 0 Å². The number of aryl methyl sites for hydroxylation is 1. The number of anilines is 1. The van der Waals surface area contributed by atoms with Gasteiger partial charge in [0.05, 0.1) is 0 Å². The number of aromatic nitrogens is 2. The second kappa shape index (κ2) is 7.34. The summed E-state index contributed by atoms with van der Waals surface area (Å²) in [4.78, 5) is 29.0. The molecule has 1 aromatic heterocycles. The van der Waals surface area contributed by atoms with Crippen LogP contribution in [0.1, 0.15) is 42.6 Å². The molecule has 2 aliphatic rings. The summed E-state index contributed by atoms with van der Waals surface area (Å²) in [5, 5.41) is 7.25. The first-order chi connectivity index (χ1) is 11.5. The van der Waals surface area contributed by atoms with Gasteiger partial charge in [-0.1, -0.05) is 19.3 Å². The van der Waals surface area contributed by atoms with Crippen LogP contribution in [0.5, 0.6) is 0 Å². The first-order valence-electron chi connectivity index (χ1n) is 8.87. The molecule has 1 saturated heterocycles. The van der Waals surface area contributed by atoms with Gasteiger partial charge < -0.3 is 15.1 Å². The van der Waals surface area contributed by atoms with Crippen molar-refractivity contribution in [1.82, 2.24) is 19.6 Å². The van der Waals surface area contributed by atoms with E-state index in [-0.39, 0.29) is 17.7 Å². The lowest BCUT2D eigenvalue weighted by atomic mass is 9.89. The summed E-state index contributed by atoms with van der Waals surface area (Å²) < 4.78 is 1.59. The number of likely N-dealkylation sites (N-methyl/N-ethyl adjacent to an activating group) is 1. The lowest BCUT2D eigenvalue weighted by molar-refractivity contribution is -0.120. The molecule has 0 aromatic carbocycles. The van der Waals surface area contributed by atoms with Gasteiger partial charge in [0.2, 0.25) is 5.91 Å². The van der Waals surface area contributed by atoms with Gasteiger partial charge in [-0.25, -0.2) is 0 Å². The van der Waals surface area contributed by atoms with Crippen LogP contribution in [0.2, 0.25) is 0 Å². The summed E-state index contributed by atoms with van der Waals surface area (Å²) in [6.07, 6.45) is 5.37. The van der Waals surface area contributed by atoms with Crippen LogP contribution in [0.25, 0.3) is 0 Å². The second-order valence-electron chi connectivity index (χ2n) is 6.96. The summed E-state index contributed by atoms with van der Waals surface area (Å²) in [6, 6.07) is 1.70. The zero-order valence-electron chi connectivity index (χ0n) is 14.6. The van der Waals surface area contributed by atoms with Gasteiger partial charge in [-0.2, -0.15) is 5.10 Å². The Morgan fingerprint density at radius 1 is 1.08 bits per heavy atom. The Bertz CT molecular complexity index is 598. The molecule has 24 heavy (non-hydrogen) atoms. The maximum absolute atomic E-state index is 12.6. The van der Waals surface area contributed by atoms with Crippen LogP contribution in [0.15, 0.2) is 6.07 Å². The van der Waals surface area contributed by atoms with E-state index in [4.69, 9.17) is 0 Å². The minimum Gasteiger partial charge on any atom is -0.335 e. The highest BCUT2D eigenvalue weighted by Crippen LogP contribution is 2.25. The maximum Gasteiger partial charge on any atom is 0.274 e. The van der Waals surface area contributed by atoms with Crippen molar-refractivity contribution in [3.63, 3.8) is 0 Å². The minimum absolute atomic E-state index is 0.0521. The second-order valence-corrected chi connectivity index (χ2v) is 6.96. The maximum atomic E-state index is 12.6. The SMILES string of the molecule is CN1CCN(C(=O)c2cc(NC(=O)C3CCCCC3)n(C)n2)CC1. The van der Waals surface area contributed by atoms with Crippen molar-refractivity contribution < 1.29 is 9.59 Å². The fourth-order valence-electron chi connectivity index (χ4n) is 3.45. The monoisotopic (exact) mass is 333 g/mol. The molecule has 2 amide bonds. The molecular formula is C17H27N5O2. The standard InChI is InChI=1S/C17H27N5O2/c1-20-8-10-22(11-9-20)17(24)14-12-15(21(2)19-14)18-16(23)13-6-4-3-5-7-13/h12-13H,3-11H2,1-2H3,(H,18,23). The van der Waals surface area contributed by atoms with Crippen LogP contribution < -0.4 is 5.32 Å². The molecule has 7 nitrogen and oxygen atoms in total. The number of carbonyl (C=O) groups is 2. The number of hydrogen-bond donors (Lipinski definition) is 1. The van der Waals surface area contributed by atoms with E-state index >= 15 is 0 Å². The van der Waals surface area contributed by atoms with Crippen LogP contribution in [-0.4, -0.2) is 64.6 Å². The topological polar surface area (TPSA) is 70.5 Å². The molecule has 0 spiro atoms. The van der Waals surface area contributed by atoms with Gasteiger partial charge in [0, 0.05) is 45.2 Å². The van der Waals surface area contributed by atoms with E-state index in [1.54, 1.807) is 17.8 Å². The van der Waals surface area contributed by atoms with E-state index in [1.165, 1.54) is 6.42 Å². The van der Waals surface area contributed by atoms with Gasteiger partial charge in [-0.05, 0) is 19.9 Å². The molecule has 1 N–H and O–H groups in total. The zero-order chi connectivity index (χ0) is 17.1. The molecule has 1 aliphatic heterocycles. The summed E-state index contributed by atoms with van der Waals surface area (Å²) in [5.41, 5.74) is 0.404. The van der Waals surface area contributed by atoms with Crippen molar-refractivity contribution in [3.05, 3.63) is 11.8 Å². The fraction of sp³-hybridized carbons (Fsp3) is 0.706. The van der Waals surface area contributed by atoms with Gasteiger partial charge >= 0.3 is 0 Å². The van der Waals surface area contributed by atoms with Crippen molar-refractivity contribution in [2.45, 2.75) is 32.1 Å². The number of amides is 2. The van der Waals surface area contributed by atoms with Gasteiger partial charge in [0.15, 0.2) is 5.69 Å². The highest BCUT2D eigenvalue weighted by atomic mass is 16.2. The summed E-state index contributed by atoms with van der Waals surface area (Å²) in [5.74, 6) is 0.682. The Hall–Kier alpha value is -1.89. The Balaban J connectivity index is 1.64. The zero-order valence-corrected chi connectivity index (χ0v) is 14.6. The van der Waals surface area contributed by atoms with Gasteiger partial charge in [-0.15, -0.1) is 0 Å². The van der Waals surface area contributed by atoms with Crippen LogP contribution in [-0.2, 0) is 11.8 Å². The van der Waals surface area contributed by atoms with Gasteiger partial charge in [-0.3, -0.25) is 14.3 Å². The molecule has 2 heterocycles. The first kappa shape index (κ1) is 17.0. The summed E-state index contributed by atoms with van der Waals surface area (Å²) in [6.45, 7) is 3.19. The quantitative estimate of drug-likeness (QED) is 0.906. The Morgan fingerprint density at radius 2 is 1.75 bits per heavy atom. The average Bonchev–Trinajstić information content (AvgIpc) is 2.96. The molecule has 1 aromatic rings. The normalized spacial score (nSPS) is 20.2. The molecule has 3 rings (SSSR count). The Kier molecular flexibility index (Phi) is 5.18. The van der Waals surface area contributed by atoms with Crippen molar-refractivity contribution in [1.29, 1.82) is 0 Å². The highest BCUT2D eigenvalue weighted by Gasteiger charge is 2.25. The van der Waals surface area contributed by atoms with Crippen molar-refractivity contribution in [2.24, 2.45) is 13.0 Å². The van der Waals surface area contributed by atoms with Crippen molar-refractivity contribution >= 4 is 17.6 Å². The molecule has 0 unspecified atom stereocenters. The smallest absolute Gasteiger partial charge is 0.274 e. The van der Waals surface area contributed by atoms with E-state index in [0.29, 0.717) is 11.5 Å². The third kappa shape index (κ3) is 3.77. The number of nitrogens with zero attached hydrogens (tertiary/aromatic N) is 4. The van der Waals surface area contributed by atoms with E-state index in [0.717, 1.165) is 51.9 Å². The molecule has 1 aliphatic carbocycles. The minimum atomic E-state index is -0.0585.